The van der Waals surface area contributed by atoms with Crippen LogP contribution in [0.1, 0.15) is 25.7 Å². The van der Waals surface area contributed by atoms with Crippen LogP contribution < -0.4 is 5.32 Å². The van der Waals surface area contributed by atoms with Gasteiger partial charge in [0.05, 0.1) is 21.7 Å². The lowest BCUT2D eigenvalue weighted by Crippen LogP contribution is -2.41. The molecule has 1 aliphatic carbocycles. The Morgan fingerprint density at radius 3 is 2.47 bits per heavy atom. The van der Waals surface area contributed by atoms with Crippen LogP contribution in [0.25, 0.3) is 0 Å². The van der Waals surface area contributed by atoms with Crippen molar-refractivity contribution in [3.63, 3.8) is 0 Å². The maximum atomic E-state index is 13.0. The predicted molar refractivity (Wildman–Crippen MR) is 71.9 cm³/mol. The molecule has 2 atom stereocenters. The highest BCUT2D eigenvalue weighted by Gasteiger charge is 2.45. The van der Waals surface area contributed by atoms with Gasteiger partial charge in [-0.05, 0) is 25.0 Å². The largest absolute Gasteiger partial charge is 0.393 e. The van der Waals surface area contributed by atoms with Crippen LogP contribution in [0.15, 0.2) is 18.2 Å². The van der Waals surface area contributed by atoms with Gasteiger partial charge >= 0.3 is 6.18 Å². The van der Waals surface area contributed by atoms with Gasteiger partial charge in [0.15, 0.2) is 0 Å². The Bertz CT molecular complexity index is 448. The van der Waals surface area contributed by atoms with E-state index in [9.17, 15) is 13.2 Å². The molecule has 0 bridgehead atoms. The molecule has 1 saturated carbocycles. The second-order valence-electron chi connectivity index (χ2n) is 4.78. The quantitative estimate of drug-likeness (QED) is 0.757. The lowest BCUT2D eigenvalue weighted by atomic mass is 9.84. The summed E-state index contributed by atoms with van der Waals surface area (Å²) < 4.78 is 38.9. The lowest BCUT2D eigenvalue weighted by molar-refractivity contribution is -0.184. The van der Waals surface area contributed by atoms with Gasteiger partial charge in [-0.15, -0.1) is 0 Å². The number of halogens is 5. The molecule has 106 valence electrons. The van der Waals surface area contributed by atoms with E-state index in [4.69, 9.17) is 23.2 Å². The molecule has 0 amide bonds. The number of alkyl halides is 3. The molecular formula is C13H14Cl2F3N. The highest BCUT2D eigenvalue weighted by Crippen LogP contribution is 2.40. The number of anilines is 1. The van der Waals surface area contributed by atoms with Crippen LogP contribution in [-0.2, 0) is 0 Å². The predicted octanol–water partition coefficient (Wildman–Crippen LogP) is 5.53. The minimum absolute atomic E-state index is 0.166. The molecule has 0 aliphatic heterocycles. The molecule has 0 spiro atoms. The third-order valence-corrected chi connectivity index (χ3v) is 4.30. The van der Waals surface area contributed by atoms with Crippen molar-refractivity contribution in [2.24, 2.45) is 5.92 Å². The van der Waals surface area contributed by atoms with Crippen LogP contribution >= 0.6 is 23.2 Å². The van der Waals surface area contributed by atoms with E-state index in [0.29, 0.717) is 23.6 Å². The van der Waals surface area contributed by atoms with E-state index in [1.54, 1.807) is 18.2 Å². The first-order chi connectivity index (χ1) is 8.89. The topological polar surface area (TPSA) is 12.0 Å². The van der Waals surface area contributed by atoms with Crippen LogP contribution in [0.4, 0.5) is 18.9 Å². The maximum absolute atomic E-state index is 13.0. The van der Waals surface area contributed by atoms with E-state index >= 15 is 0 Å². The summed E-state index contributed by atoms with van der Waals surface area (Å²) >= 11 is 11.9. The highest BCUT2D eigenvalue weighted by molar-refractivity contribution is 6.43. The molecular weight excluding hydrogens is 298 g/mol. The molecule has 1 nitrogen and oxygen atoms in total. The van der Waals surface area contributed by atoms with Crippen molar-refractivity contribution >= 4 is 28.9 Å². The Labute approximate surface area is 120 Å². The highest BCUT2D eigenvalue weighted by atomic mass is 35.5. The lowest BCUT2D eigenvalue weighted by Gasteiger charge is -2.34. The summed E-state index contributed by atoms with van der Waals surface area (Å²) in [5.41, 5.74) is 0.468. The Morgan fingerprint density at radius 2 is 1.79 bits per heavy atom. The van der Waals surface area contributed by atoms with Crippen LogP contribution in [0, 0.1) is 5.92 Å². The number of benzene rings is 1. The molecule has 19 heavy (non-hydrogen) atoms. The summed E-state index contributed by atoms with van der Waals surface area (Å²) in [6, 6.07) is 4.29. The fraction of sp³-hybridized carbons (Fsp3) is 0.538. The molecule has 0 aromatic heterocycles. The van der Waals surface area contributed by atoms with Gasteiger partial charge in [-0.1, -0.05) is 42.1 Å². The summed E-state index contributed by atoms with van der Waals surface area (Å²) in [4.78, 5) is 0. The van der Waals surface area contributed by atoms with Gasteiger partial charge in [0, 0.05) is 6.04 Å². The fourth-order valence-corrected chi connectivity index (χ4v) is 2.87. The minimum Gasteiger partial charge on any atom is -0.380 e. The zero-order valence-corrected chi connectivity index (χ0v) is 11.6. The summed E-state index contributed by atoms with van der Waals surface area (Å²) in [6.07, 6.45) is -2.11. The molecule has 0 saturated heterocycles. The first kappa shape index (κ1) is 14.8. The van der Waals surface area contributed by atoms with Gasteiger partial charge in [0.2, 0.25) is 0 Å². The smallest absolute Gasteiger partial charge is 0.380 e. The van der Waals surface area contributed by atoms with E-state index in [1.165, 1.54) is 0 Å². The van der Waals surface area contributed by atoms with Crippen LogP contribution in [0.2, 0.25) is 10.0 Å². The first-order valence-electron chi connectivity index (χ1n) is 6.17. The zero-order valence-electron chi connectivity index (χ0n) is 10.1. The van der Waals surface area contributed by atoms with Gasteiger partial charge < -0.3 is 5.32 Å². The van der Waals surface area contributed by atoms with E-state index < -0.39 is 18.1 Å². The fourth-order valence-electron chi connectivity index (χ4n) is 2.51. The molecule has 0 radical (unpaired) electrons. The van der Waals surface area contributed by atoms with Gasteiger partial charge in [-0.3, -0.25) is 0 Å². The molecule has 1 N–H and O–H groups in total. The van der Waals surface area contributed by atoms with E-state index in [2.05, 4.69) is 5.32 Å². The van der Waals surface area contributed by atoms with Gasteiger partial charge in [0.1, 0.15) is 0 Å². The average molecular weight is 312 g/mol. The van der Waals surface area contributed by atoms with Gasteiger partial charge in [-0.2, -0.15) is 13.2 Å². The number of hydrogen-bond donors (Lipinski definition) is 1. The summed E-state index contributed by atoms with van der Waals surface area (Å²) in [5.74, 6) is -1.32. The van der Waals surface area contributed by atoms with Crippen molar-refractivity contribution in [2.75, 3.05) is 5.32 Å². The van der Waals surface area contributed by atoms with Crippen molar-refractivity contribution in [2.45, 2.75) is 37.9 Å². The number of nitrogens with one attached hydrogen (secondary N) is 1. The van der Waals surface area contributed by atoms with Crippen molar-refractivity contribution in [3.05, 3.63) is 28.2 Å². The summed E-state index contributed by atoms with van der Waals surface area (Å²) in [5, 5.41) is 3.52. The Hall–Kier alpha value is -0.610. The normalized spacial score (nSPS) is 24.3. The molecule has 1 aromatic rings. The second-order valence-corrected chi connectivity index (χ2v) is 5.57. The summed E-state index contributed by atoms with van der Waals surface area (Å²) in [7, 11) is 0. The number of rotatable bonds is 2. The first-order valence-corrected chi connectivity index (χ1v) is 6.92. The number of hydrogen-bond acceptors (Lipinski definition) is 1. The third kappa shape index (κ3) is 3.48. The van der Waals surface area contributed by atoms with Crippen molar-refractivity contribution in [1.29, 1.82) is 0 Å². The van der Waals surface area contributed by atoms with E-state index in [-0.39, 0.29) is 11.4 Å². The molecule has 0 heterocycles. The summed E-state index contributed by atoms with van der Waals surface area (Å²) in [6.45, 7) is 0. The van der Waals surface area contributed by atoms with Gasteiger partial charge in [0.25, 0.3) is 0 Å². The second kappa shape index (κ2) is 5.80. The van der Waals surface area contributed by atoms with Crippen LogP contribution in [-0.4, -0.2) is 12.2 Å². The van der Waals surface area contributed by atoms with Crippen LogP contribution in [0.5, 0.6) is 0 Å². The van der Waals surface area contributed by atoms with Crippen molar-refractivity contribution < 1.29 is 13.2 Å². The van der Waals surface area contributed by atoms with Crippen molar-refractivity contribution in [1.82, 2.24) is 0 Å². The molecule has 1 aromatic carbocycles. The average Bonchev–Trinajstić information content (AvgIpc) is 2.34. The van der Waals surface area contributed by atoms with E-state index in [0.717, 1.165) is 6.42 Å². The molecule has 2 rings (SSSR count). The molecule has 2 unspecified atom stereocenters. The zero-order chi connectivity index (χ0) is 14.0. The van der Waals surface area contributed by atoms with Crippen LogP contribution in [0.3, 0.4) is 0 Å². The Morgan fingerprint density at radius 1 is 1.11 bits per heavy atom. The minimum atomic E-state index is -4.18. The van der Waals surface area contributed by atoms with Gasteiger partial charge in [-0.25, -0.2) is 0 Å². The monoisotopic (exact) mass is 311 g/mol. The molecule has 1 aliphatic rings. The Kier molecular flexibility index (Phi) is 4.51. The molecule has 6 heteroatoms. The van der Waals surface area contributed by atoms with Crippen molar-refractivity contribution in [3.8, 4) is 0 Å². The standard InChI is InChI=1S/C13H14Cl2F3N/c14-9-5-3-7-11(12(9)15)19-10-6-2-1-4-8(10)13(16,17)18/h3,5,7-8,10,19H,1-2,4,6H2. The third-order valence-electron chi connectivity index (χ3n) is 3.48. The SMILES string of the molecule is FC(F)(F)C1CCCCC1Nc1cccc(Cl)c1Cl. The molecule has 1 fully saturated rings. The Balaban J connectivity index is 2.18. The maximum Gasteiger partial charge on any atom is 0.393 e. The van der Waals surface area contributed by atoms with E-state index in [1.807, 2.05) is 0 Å².